The van der Waals surface area contributed by atoms with Crippen molar-refractivity contribution in [1.82, 2.24) is 15.0 Å². The summed E-state index contributed by atoms with van der Waals surface area (Å²) in [6.07, 6.45) is 0.893. The molecule has 37 heavy (non-hydrogen) atoms. The predicted molar refractivity (Wildman–Crippen MR) is 144 cm³/mol. The summed E-state index contributed by atoms with van der Waals surface area (Å²) in [6.45, 7) is 11.9. The first kappa shape index (κ1) is 26.9. The Morgan fingerprint density at radius 3 is 2.46 bits per heavy atom. The lowest BCUT2D eigenvalue weighted by atomic mass is 9.88. The summed E-state index contributed by atoms with van der Waals surface area (Å²) in [5.41, 5.74) is 5.54. The van der Waals surface area contributed by atoms with Crippen LogP contribution in [0.15, 0.2) is 40.4 Å². The highest BCUT2D eigenvalue weighted by molar-refractivity contribution is 7.13. The van der Waals surface area contributed by atoms with Crippen molar-refractivity contribution in [2.45, 2.75) is 78.2 Å². The summed E-state index contributed by atoms with van der Waals surface area (Å²) < 4.78 is 5.60. The highest BCUT2D eigenvalue weighted by atomic mass is 32.1. The molecule has 0 bridgehead atoms. The lowest BCUT2D eigenvalue weighted by Gasteiger charge is -2.28. The number of Topliss-reactive ketones (excluding diaryl/α,β-unsaturated/α-hetero) is 2. The molecule has 1 aromatic carbocycles. The molecule has 1 amide bonds. The van der Waals surface area contributed by atoms with Crippen LogP contribution in [0.3, 0.4) is 0 Å². The van der Waals surface area contributed by atoms with E-state index >= 15 is 0 Å². The Kier molecular flexibility index (Phi) is 7.78. The van der Waals surface area contributed by atoms with Crippen molar-refractivity contribution < 1.29 is 18.9 Å². The number of benzene rings is 1. The number of carbonyl (C=O) groups is 3. The third kappa shape index (κ3) is 5.90. The van der Waals surface area contributed by atoms with E-state index in [9.17, 15) is 14.4 Å². The van der Waals surface area contributed by atoms with E-state index in [0.717, 1.165) is 27.4 Å². The number of ketones is 2. The molecule has 0 radical (unpaired) electrons. The molecule has 8 heteroatoms. The van der Waals surface area contributed by atoms with Crippen LogP contribution in [0.4, 0.5) is 0 Å². The van der Waals surface area contributed by atoms with E-state index < -0.39 is 12.0 Å². The van der Waals surface area contributed by atoms with Crippen LogP contribution in [-0.4, -0.2) is 45.1 Å². The van der Waals surface area contributed by atoms with Gasteiger partial charge in [0.1, 0.15) is 11.7 Å². The molecule has 1 aliphatic heterocycles. The van der Waals surface area contributed by atoms with Gasteiger partial charge < -0.3 is 9.42 Å². The van der Waals surface area contributed by atoms with Crippen LogP contribution in [0.5, 0.6) is 0 Å². The molecule has 0 aliphatic carbocycles. The molecule has 7 nitrogen and oxygen atoms in total. The molecule has 3 heterocycles. The largest absolute Gasteiger partial charge is 0.360 e. The zero-order chi connectivity index (χ0) is 26.9. The molecule has 196 valence electrons. The Hall–Kier alpha value is -3.13. The third-order valence-corrected chi connectivity index (χ3v) is 7.93. The van der Waals surface area contributed by atoms with Gasteiger partial charge in [-0.05, 0) is 30.4 Å². The van der Waals surface area contributed by atoms with Crippen LogP contribution < -0.4 is 0 Å². The van der Waals surface area contributed by atoms with Crippen LogP contribution in [0.25, 0.3) is 10.4 Å². The van der Waals surface area contributed by atoms with Gasteiger partial charge in [-0.15, -0.1) is 11.3 Å². The Labute approximate surface area is 222 Å². The van der Waals surface area contributed by atoms with Crippen molar-refractivity contribution in [3.8, 4) is 10.4 Å². The molecule has 4 rings (SSSR count). The van der Waals surface area contributed by atoms with Crippen molar-refractivity contribution in [1.29, 1.82) is 0 Å². The van der Waals surface area contributed by atoms with Gasteiger partial charge in [0.05, 0.1) is 34.4 Å². The lowest BCUT2D eigenvalue weighted by molar-refractivity contribution is -0.140. The van der Waals surface area contributed by atoms with E-state index in [-0.39, 0.29) is 48.2 Å². The van der Waals surface area contributed by atoms with Gasteiger partial charge >= 0.3 is 0 Å². The van der Waals surface area contributed by atoms with Crippen molar-refractivity contribution in [3.63, 3.8) is 0 Å². The van der Waals surface area contributed by atoms with Crippen molar-refractivity contribution in [2.75, 3.05) is 6.54 Å². The van der Waals surface area contributed by atoms with Crippen LogP contribution in [-0.2, 0) is 26.2 Å². The van der Waals surface area contributed by atoms with E-state index in [1.54, 1.807) is 11.3 Å². The fraction of sp³-hybridized carbons (Fsp3) is 0.483. The van der Waals surface area contributed by atoms with E-state index in [1.807, 2.05) is 77.4 Å². The van der Waals surface area contributed by atoms with Crippen LogP contribution >= 0.6 is 11.3 Å². The number of carbonyl (C=O) groups excluding carboxylic acids is 3. The second-order valence-electron chi connectivity index (χ2n) is 11.2. The fourth-order valence-electron chi connectivity index (χ4n) is 4.75. The number of nitrogens with zero attached hydrogens (tertiary/aromatic N) is 3. The van der Waals surface area contributed by atoms with Gasteiger partial charge in [-0.2, -0.15) is 0 Å². The second kappa shape index (κ2) is 10.7. The number of hydrogen-bond acceptors (Lipinski definition) is 7. The average molecular weight is 522 g/mol. The number of aryl methyl sites for hydroxylation is 2. The quantitative estimate of drug-likeness (QED) is 0.388. The predicted octanol–water partition coefficient (Wildman–Crippen LogP) is 5.52. The molecular formula is C29H35N3O4S. The number of likely N-dealkylation sites (tertiary alicyclic amines) is 1. The minimum Gasteiger partial charge on any atom is -0.360 e. The first-order valence-corrected chi connectivity index (χ1v) is 13.6. The lowest BCUT2D eigenvalue weighted by Crippen LogP contribution is -2.44. The highest BCUT2D eigenvalue weighted by Crippen LogP contribution is 2.33. The summed E-state index contributed by atoms with van der Waals surface area (Å²) in [5, 5.41) is 4.18. The first-order chi connectivity index (χ1) is 17.5. The van der Waals surface area contributed by atoms with Crippen LogP contribution in [0.1, 0.15) is 76.1 Å². The Morgan fingerprint density at radius 2 is 1.89 bits per heavy atom. The smallest absolute Gasteiger partial charge is 0.234 e. The normalized spacial score (nSPS) is 17.0. The van der Waals surface area contributed by atoms with Crippen molar-refractivity contribution >= 4 is 28.8 Å². The van der Waals surface area contributed by atoms with Gasteiger partial charge in [0.2, 0.25) is 5.91 Å². The first-order valence-electron chi connectivity index (χ1n) is 12.8. The summed E-state index contributed by atoms with van der Waals surface area (Å²) >= 11 is 1.61. The summed E-state index contributed by atoms with van der Waals surface area (Å²) in [7, 11) is 0. The molecule has 0 spiro atoms. The molecule has 1 aliphatic rings. The van der Waals surface area contributed by atoms with Gasteiger partial charge in [0.15, 0.2) is 11.6 Å². The summed E-state index contributed by atoms with van der Waals surface area (Å²) in [4.78, 5) is 46.3. The Balaban J connectivity index is 1.45. The maximum absolute atomic E-state index is 13.7. The SMILES string of the molecule is Cc1ncsc1-c1ccc(CCC(=O)C2CC(=O)CN2C(=O)C(c2cc(C(C)(C)C)no2)C(C)C)cc1. The number of rotatable bonds is 8. The minimum atomic E-state index is -0.731. The Bertz CT molecular complexity index is 1280. The fourth-order valence-corrected chi connectivity index (χ4v) is 5.56. The standard InChI is InChI=1S/C29H35N3O4S/c1-17(2)26(24-14-25(31-36-24)29(4,5)6)28(35)32-15-21(33)13-22(32)23(34)12-9-19-7-10-20(11-8-19)27-18(3)30-16-37-27/h7-8,10-11,14,16-17,22,26H,9,12-13,15H2,1-6H3. The molecule has 0 N–H and O–H groups in total. The maximum Gasteiger partial charge on any atom is 0.234 e. The molecule has 1 saturated heterocycles. The number of thiazole rings is 1. The van der Waals surface area contributed by atoms with Gasteiger partial charge in [-0.3, -0.25) is 14.4 Å². The molecule has 2 unspecified atom stereocenters. The molecule has 3 aromatic rings. The molecule has 0 saturated carbocycles. The van der Waals surface area contributed by atoms with Crippen molar-refractivity contribution in [3.05, 3.63) is 58.6 Å². The van der Waals surface area contributed by atoms with Crippen LogP contribution in [0.2, 0.25) is 0 Å². The van der Waals surface area contributed by atoms with Gasteiger partial charge in [0.25, 0.3) is 0 Å². The molecule has 2 aromatic heterocycles. The second-order valence-corrected chi connectivity index (χ2v) is 12.1. The zero-order valence-corrected chi connectivity index (χ0v) is 23.2. The molecule has 2 atom stereocenters. The monoisotopic (exact) mass is 521 g/mol. The molecular weight excluding hydrogens is 486 g/mol. The topological polar surface area (TPSA) is 93.4 Å². The maximum atomic E-state index is 13.7. The van der Waals surface area contributed by atoms with Gasteiger partial charge in [0, 0.05) is 24.3 Å². The zero-order valence-electron chi connectivity index (χ0n) is 22.4. The Morgan fingerprint density at radius 1 is 1.19 bits per heavy atom. The highest BCUT2D eigenvalue weighted by Gasteiger charge is 2.43. The van der Waals surface area contributed by atoms with Crippen molar-refractivity contribution in [2.24, 2.45) is 5.92 Å². The van der Waals surface area contributed by atoms with E-state index in [0.29, 0.717) is 12.2 Å². The van der Waals surface area contributed by atoms with E-state index in [4.69, 9.17) is 4.52 Å². The van der Waals surface area contributed by atoms with Gasteiger partial charge in [-0.25, -0.2) is 4.98 Å². The average Bonchev–Trinajstić information content (AvgIpc) is 3.57. The minimum absolute atomic E-state index is 0.0401. The van der Waals surface area contributed by atoms with E-state index in [2.05, 4.69) is 10.1 Å². The summed E-state index contributed by atoms with van der Waals surface area (Å²) in [6, 6.07) is 9.24. The third-order valence-electron chi connectivity index (χ3n) is 6.96. The number of aromatic nitrogens is 2. The van der Waals surface area contributed by atoms with Crippen LogP contribution in [0, 0.1) is 12.8 Å². The number of hydrogen-bond donors (Lipinski definition) is 0. The molecule has 1 fully saturated rings. The number of amides is 1. The summed E-state index contributed by atoms with van der Waals surface area (Å²) in [5.74, 6) is -0.636. The van der Waals surface area contributed by atoms with Gasteiger partial charge in [-0.1, -0.05) is 64.0 Å². The van der Waals surface area contributed by atoms with E-state index in [1.165, 1.54) is 4.90 Å².